The summed E-state index contributed by atoms with van der Waals surface area (Å²) in [4.78, 5) is 13.2. The van der Waals surface area contributed by atoms with Crippen LogP contribution >= 0.6 is 0 Å². The van der Waals surface area contributed by atoms with Crippen LogP contribution in [0, 0.1) is 5.82 Å². The zero-order chi connectivity index (χ0) is 23.6. The van der Waals surface area contributed by atoms with Gasteiger partial charge in [-0.2, -0.15) is 4.31 Å². The normalized spacial score (nSPS) is 16.0. The average Bonchev–Trinajstić information content (AvgIpc) is 2.83. The third kappa shape index (κ3) is 4.55. The average molecular weight is 471 g/mol. The predicted molar refractivity (Wildman–Crippen MR) is 121 cm³/mol. The second-order valence-electron chi connectivity index (χ2n) is 7.55. The number of hydrogen-bond donors (Lipinski definition) is 1. The number of methoxy groups -OCH3 is 2. The molecule has 0 spiro atoms. The molecule has 1 atom stereocenters. The molecule has 0 saturated carbocycles. The van der Waals surface area contributed by atoms with E-state index in [1.165, 1.54) is 30.7 Å². The molecule has 0 fully saturated rings. The summed E-state index contributed by atoms with van der Waals surface area (Å²) in [6, 6.07) is 15.9. The molecule has 0 bridgehead atoms. The summed E-state index contributed by atoms with van der Waals surface area (Å²) in [7, 11) is -1.08. The first kappa shape index (κ1) is 22.8. The van der Waals surface area contributed by atoms with E-state index in [0.29, 0.717) is 17.2 Å². The minimum atomic E-state index is -4.07. The number of nitrogens with zero attached hydrogens (tertiary/aromatic N) is 1. The van der Waals surface area contributed by atoms with E-state index in [2.05, 4.69) is 5.32 Å². The third-order valence-corrected chi connectivity index (χ3v) is 7.45. The summed E-state index contributed by atoms with van der Waals surface area (Å²) in [5.74, 6) is -0.0919. The molecule has 172 valence electrons. The SMILES string of the molecule is COc1ccc(NC(=O)C2Cc3ccccc3CN2S(=O)(=O)c2ccc(F)cc2)cc1OC. The minimum absolute atomic E-state index is 0.0277. The van der Waals surface area contributed by atoms with Crippen molar-refractivity contribution in [2.24, 2.45) is 0 Å². The second-order valence-corrected chi connectivity index (χ2v) is 9.44. The van der Waals surface area contributed by atoms with E-state index < -0.39 is 27.8 Å². The number of nitrogens with one attached hydrogen (secondary N) is 1. The van der Waals surface area contributed by atoms with Crippen molar-refractivity contribution in [2.75, 3.05) is 19.5 Å². The topological polar surface area (TPSA) is 84.9 Å². The monoisotopic (exact) mass is 470 g/mol. The number of anilines is 1. The maximum atomic E-state index is 13.4. The van der Waals surface area contributed by atoms with Crippen molar-refractivity contribution in [1.82, 2.24) is 4.31 Å². The number of rotatable bonds is 6. The van der Waals surface area contributed by atoms with E-state index >= 15 is 0 Å². The van der Waals surface area contributed by atoms with Gasteiger partial charge in [-0.1, -0.05) is 24.3 Å². The number of fused-ring (bicyclic) bond motifs is 1. The molecule has 3 aromatic rings. The van der Waals surface area contributed by atoms with E-state index in [1.54, 1.807) is 18.2 Å². The summed E-state index contributed by atoms with van der Waals surface area (Å²) >= 11 is 0. The fourth-order valence-corrected chi connectivity index (χ4v) is 5.42. The maximum absolute atomic E-state index is 13.4. The van der Waals surface area contributed by atoms with Crippen LogP contribution in [0.2, 0.25) is 0 Å². The highest BCUT2D eigenvalue weighted by molar-refractivity contribution is 7.89. The second kappa shape index (κ2) is 9.21. The van der Waals surface area contributed by atoms with Gasteiger partial charge in [0.15, 0.2) is 11.5 Å². The van der Waals surface area contributed by atoms with Crippen LogP contribution in [0.3, 0.4) is 0 Å². The first-order valence-electron chi connectivity index (χ1n) is 10.2. The quantitative estimate of drug-likeness (QED) is 0.595. The summed E-state index contributed by atoms with van der Waals surface area (Å²) < 4.78 is 51.9. The largest absolute Gasteiger partial charge is 0.493 e. The lowest BCUT2D eigenvalue weighted by Gasteiger charge is -2.35. The van der Waals surface area contributed by atoms with Crippen molar-refractivity contribution >= 4 is 21.6 Å². The van der Waals surface area contributed by atoms with E-state index in [1.807, 2.05) is 24.3 Å². The van der Waals surface area contributed by atoms with Gasteiger partial charge in [0.2, 0.25) is 15.9 Å². The lowest BCUT2D eigenvalue weighted by Crippen LogP contribution is -2.50. The van der Waals surface area contributed by atoms with E-state index in [4.69, 9.17) is 9.47 Å². The first-order chi connectivity index (χ1) is 15.8. The number of hydrogen-bond acceptors (Lipinski definition) is 5. The Morgan fingerprint density at radius 1 is 0.970 bits per heavy atom. The molecule has 1 aliphatic rings. The van der Waals surface area contributed by atoms with E-state index in [-0.39, 0.29) is 17.9 Å². The van der Waals surface area contributed by atoms with Crippen LogP contribution in [0.4, 0.5) is 10.1 Å². The molecule has 1 unspecified atom stereocenters. The Morgan fingerprint density at radius 3 is 2.30 bits per heavy atom. The van der Waals surface area contributed by atoms with Crippen LogP contribution in [-0.2, 0) is 27.8 Å². The molecule has 4 rings (SSSR count). The highest BCUT2D eigenvalue weighted by Crippen LogP contribution is 2.32. The van der Waals surface area contributed by atoms with E-state index in [0.717, 1.165) is 23.3 Å². The third-order valence-electron chi connectivity index (χ3n) is 5.58. The molecule has 1 aliphatic heterocycles. The molecular formula is C24H23FN2O5S. The number of carbonyl (C=O) groups is 1. The highest BCUT2D eigenvalue weighted by Gasteiger charge is 2.39. The Hall–Kier alpha value is -3.43. The van der Waals surface area contributed by atoms with Crippen molar-refractivity contribution in [3.05, 3.63) is 83.7 Å². The van der Waals surface area contributed by atoms with Gasteiger partial charge in [0, 0.05) is 18.3 Å². The standard InChI is InChI=1S/C24H23FN2O5S/c1-31-22-12-9-19(14-23(22)32-2)26-24(28)21-13-16-5-3-4-6-17(16)15-27(21)33(29,30)20-10-7-18(25)8-11-20/h3-12,14,21H,13,15H2,1-2H3,(H,26,28). The molecular weight excluding hydrogens is 447 g/mol. The van der Waals surface area contributed by atoms with Gasteiger partial charge >= 0.3 is 0 Å². The van der Waals surface area contributed by atoms with Gasteiger partial charge in [-0.25, -0.2) is 12.8 Å². The number of sulfonamides is 1. The molecule has 1 amide bonds. The predicted octanol–water partition coefficient (Wildman–Crippen LogP) is 3.60. The van der Waals surface area contributed by atoms with Gasteiger partial charge in [-0.05, 0) is 53.9 Å². The van der Waals surface area contributed by atoms with Crippen molar-refractivity contribution in [3.63, 3.8) is 0 Å². The minimum Gasteiger partial charge on any atom is -0.493 e. The van der Waals surface area contributed by atoms with Gasteiger partial charge < -0.3 is 14.8 Å². The van der Waals surface area contributed by atoms with Crippen molar-refractivity contribution in [3.8, 4) is 11.5 Å². The number of carbonyl (C=O) groups excluding carboxylic acids is 1. The van der Waals surface area contributed by atoms with Crippen LogP contribution in [0.1, 0.15) is 11.1 Å². The van der Waals surface area contributed by atoms with Gasteiger partial charge in [0.1, 0.15) is 11.9 Å². The van der Waals surface area contributed by atoms with Gasteiger partial charge in [0.25, 0.3) is 0 Å². The summed E-state index contributed by atoms with van der Waals surface area (Å²) in [5.41, 5.74) is 2.16. The van der Waals surface area contributed by atoms with Gasteiger partial charge in [-0.15, -0.1) is 0 Å². The molecule has 7 nitrogen and oxygen atoms in total. The molecule has 0 aliphatic carbocycles. The molecule has 0 aromatic heterocycles. The zero-order valence-corrected chi connectivity index (χ0v) is 18.9. The Labute approximate surface area is 191 Å². The van der Waals surface area contributed by atoms with Gasteiger partial charge in [-0.3, -0.25) is 4.79 Å². The van der Waals surface area contributed by atoms with Crippen LogP contribution in [0.25, 0.3) is 0 Å². The maximum Gasteiger partial charge on any atom is 0.244 e. The summed E-state index contributed by atoms with van der Waals surface area (Å²) in [5, 5.41) is 2.79. The fraction of sp³-hybridized carbons (Fsp3) is 0.208. The molecule has 9 heteroatoms. The van der Waals surface area contributed by atoms with Gasteiger partial charge in [0.05, 0.1) is 19.1 Å². The van der Waals surface area contributed by atoms with Crippen LogP contribution in [-0.4, -0.2) is 38.9 Å². The molecule has 33 heavy (non-hydrogen) atoms. The Bertz CT molecular complexity index is 1280. The Morgan fingerprint density at radius 2 is 1.64 bits per heavy atom. The highest BCUT2D eigenvalue weighted by atomic mass is 32.2. The molecule has 1 heterocycles. The molecule has 3 aromatic carbocycles. The zero-order valence-electron chi connectivity index (χ0n) is 18.1. The first-order valence-corrected chi connectivity index (χ1v) is 11.6. The Kier molecular flexibility index (Phi) is 6.35. The summed E-state index contributed by atoms with van der Waals surface area (Å²) in [6.07, 6.45) is 0.204. The van der Waals surface area contributed by atoms with Crippen molar-refractivity contribution in [1.29, 1.82) is 0 Å². The van der Waals surface area contributed by atoms with Crippen LogP contribution < -0.4 is 14.8 Å². The number of benzene rings is 3. The van der Waals surface area contributed by atoms with Crippen molar-refractivity contribution in [2.45, 2.75) is 23.9 Å². The number of ether oxygens (including phenoxy) is 2. The Balaban J connectivity index is 1.69. The number of halogens is 1. The molecule has 0 saturated heterocycles. The lowest BCUT2D eigenvalue weighted by molar-refractivity contribution is -0.120. The molecule has 1 N–H and O–H groups in total. The fourth-order valence-electron chi connectivity index (χ4n) is 3.86. The number of amides is 1. The van der Waals surface area contributed by atoms with Crippen LogP contribution in [0.5, 0.6) is 11.5 Å². The van der Waals surface area contributed by atoms with E-state index in [9.17, 15) is 17.6 Å². The lowest BCUT2D eigenvalue weighted by atomic mass is 9.95. The van der Waals surface area contributed by atoms with Crippen molar-refractivity contribution < 1.29 is 27.1 Å². The summed E-state index contributed by atoms with van der Waals surface area (Å²) in [6.45, 7) is 0.0277. The van der Waals surface area contributed by atoms with Crippen LogP contribution in [0.15, 0.2) is 71.6 Å². The smallest absolute Gasteiger partial charge is 0.244 e. The molecule has 0 radical (unpaired) electrons.